The first-order chi connectivity index (χ1) is 14.9. The molecular weight excluding hydrogens is 368 g/mol. The lowest BCUT2D eigenvalue weighted by molar-refractivity contribution is 0.289. The summed E-state index contributed by atoms with van der Waals surface area (Å²) in [6.45, 7) is 6.14. The molecular formula is C28H49O2. The van der Waals surface area contributed by atoms with E-state index in [1.54, 1.807) is 0 Å². The van der Waals surface area contributed by atoms with Crippen molar-refractivity contribution in [3.8, 4) is 11.5 Å². The summed E-state index contributed by atoms with van der Waals surface area (Å²) >= 11 is 0. The molecule has 0 spiro atoms. The molecule has 0 saturated carbocycles. The van der Waals surface area contributed by atoms with Crippen LogP contribution in [-0.2, 0) is 0 Å². The van der Waals surface area contributed by atoms with Crippen LogP contribution in [0.15, 0.2) is 18.2 Å². The lowest BCUT2D eigenvalue weighted by Crippen LogP contribution is -2.00. The Balaban J connectivity index is 1.97. The van der Waals surface area contributed by atoms with Gasteiger partial charge in [0, 0.05) is 6.07 Å². The Morgan fingerprint density at radius 1 is 0.500 bits per heavy atom. The molecule has 0 aliphatic carbocycles. The summed E-state index contributed by atoms with van der Waals surface area (Å²) in [5, 5.41) is 0. The van der Waals surface area contributed by atoms with Crippen molar-refractivity contribution in [1.82, 2.24) is 0 Å². The Kier molecular flexibility index (Phi) is 18.9. The van der Waals surface area contributed by atoms with E-state index in [0.717, 1.165) is 37.6 Å². The third kappa shape index (κ3) is 16.6. The smallest absolute Gasteiger partial charge is 0.123 e. The molecule has 0 unspecified atom stereocenters. The van der Waals surface area contributed by atoms with E-state index in [9.17, 15) is 0 Å². The third-order valence-electron chi connectivity index (χ3n) is 5.77. The average molecular weight is 418 g/mol. The highest BCUT2D eigenvalue weighted by Gasteiger charge is 2.00. The predicted octanol–water partition coefficient (Wildman–Crippen LogP) is 9.31. The Morgan fingerprint density at radius 3 is 1.20 bits per heavy atom. The molecule has 0 bridgehead atoms. The molecule has 0 aliphatic rings. The molecule has 0 amide bonds. The minimum absolute atomic E-state index is 0.797. The van der Waals surface area contributed by atoms with Crippen LogP contribution in [0.2, 0.25) is 0 Å². The largest absolute Gasteiger partial charge is 0.493 e. The lowest BCUT2D eigenvalue weighted by Gasteiger charge is -2.09. The fourth-order valence-electron chi connectivity index (χ4n) is 3.80. The van der Waals surface area contributed by atoms with Crippen LogP contribution in [0.1, 0.15) is 129 Å². The zero-order valence-electron chi connectivity index (χ0n) is 20.2. The minimum Gasteiger partial charge on any atom is -0.493 e. The van der Waals surface area contributed by atoms with E-state index in [1.807, 2.05) is 18.2 Å². The number of hydrogen-bond donors (Lipinski definition) is 0. The standard InChI is InChI=1S/C28H49O2/c1-3-5-7-9-11-13-15-17-19-24-29-27-22-21-23-28(26-27)30-25-20-18-16-14-12-10-8-6-4-2/h22-23,26H,3-20,24-25H2,1-2H3. The third-order valence-corrected chi connectivity index (χ3v) is 5.77. The van der Waals surface area contributed by atoms with Gasteiger partial charge >= 0.3 is 0 Å². The van der Waals surface area contributed by atoms with E-state index in [2.05, 4.69) is 19.9 Å². The number of benzene rings is 1. The van der Waals surface area contributed by atoms with Crippen molar-refractivity contribution >= 4 is 0 Å². The summed E-state index contributed by atoms with van der Waals surface area (Å²) in [6, 6.07) is 8.99. The quantitative estimate of drug-likeness (QED) is 0.175. The number of hydrogen-bond acceptors (Lipinski definition) is 2. The SMILES string of the molecule is CCCCCCCCCCCOc1c[c]cc(OCCCCCCCCCCC)c1. The van der Waals surface area contributed by atoms with Gasteiger partial charge in [0.2, 0.25) is 0 Å². The zero-order chi connectivity index (χ0) is 21.5. The van der Waals surface area contributed by atoms with Crippen molar-refractivity contribution < 1.29 is 9.47 Å². The van der Waals surface area contributed by atoms with E-state index in [1.165, 1.54) is 103 Å². The maximum atomic E-state index is 5.89. The highest BCUT2D eigenvalue weighted by atomic mass is 16.5. The molecule has 0 N–H and O–H groups in total. The van der Waals surface area contributed by atoms with E-state index < -0.39 is 0 Å². The van der Waals surface area contributed by atoms with Crippen molar-refractivity contribution in [3.63, 3.8) is 0 Å². The lowest BCUT2D eigenvalue weighted by atomic mass is 10.1. The van der Waals surface area contributed by atoms with Crippen LogP contribution >= 0.6 is 0 Å². The van der Waals surface area contributed by atoms with Crippen molar-refractivity contribution in [2.45, 2.75) is 129 Å². The molecule has 0 heterocycles. The van der Waals surface area contributed by atoms with E-state index in [0.29, 0.717) is 0 Å². The molecule has 0 aliphatic heterocycles. The molecule has 1 rings (SSSR count). The average Bonchev–Trinajstić information content (AvgIpc) is 2.76. The second kappa shape index (κ2) is 21.1. The summed E-state index contributed by atoms with van der Waals surface area (Å²) in [4.78, 5) is 0. The van der Waals surface area contributed by atoms with Gasteiger partial charge in [0.1, 0.15) is 11.5 Å². The van der Waals surface area contributed by atoms with Crippen molar-refractivity contribution in [2.75, 3.05) is 13.2 Å². The first kappa shape index (κ1) is 26.9. The summed E-state index contributed by atoms with van der Waals surface area (Å²) < 4.78 is 11.8. The summed E-state index contributed by atoms with van der Waals surface area (Å²) in [5.74, 6) is 1.78. The van der Waals surface area contributed by atoms with Crippen LogP contribution in [0, 0.1) is 6.07 Å². The number of unbranched alkanes of at least 4 members (excludes halogenated alkanes) is 16. The highest BCUT2D eigenvalue weighted by Crippen LogP contribution is 2.20. The van der Waals surface area contributed by atoms with E-state index in [4.69, 9.17) is 9.47 Å². The van der Waals surface area contributed by atoms with Crippen molar-refractivity contribution in [3.05, 3.63) is 24.3 Å². The summed E-state index contributed by atoms with van der Waals surface area (Å²) in [7, 11) is 0. The second-order valence-electron chi connectivity index (χ2n) is 8.76. The van der Waals surface area contributed by atoms with Crippen LogP contribution < -0.4 is 9.47 Å². The Labute approximate surface area is 188 Å². The molecule has 2 heteroatoms. The second-order valence-corrected chi connectivity index (χ2v) is 8.76. The Morgan fingerprint density at radius 2 is 0.833 bits per heavy atom. The summed E-state index contributed by atoms with van der Waals surface area (Å²) in [6.07, 6.45) is 24.1. The predicted molar refractivity (Wildman–Crippen MR) is 131 cm³/mol. The van der Waals surface area contributed by atoms with Gasteiger partial charge in [-0.15, -0.1) is 0 Å². The van der Waals surface area contributed by atoms with Gasteiger partial charge in [-0.3, -0.25) is 0 Å². The van der Waals surface area contributed by atoms with Crippen molar-refractivity contribution in [1.29, 1.82) is 0 Å². The van der Waals surface area contributed by atoms with Crippen LogP contribution in [0.5, 0.6) is 11.5 Å². The molecule has 0 aromatic heterocycles. The normalized spacial score (nSPS) is 11.0. The Bertz CT molecular complexity index is 432. The topological polar surface area (TPSA) is 18.5 Å². The first-order valence-corrected chi connectivity index (χ1v) is 13.1. The molecule has 2 nitrogen and oxygen atoms in total. The monoisotopic (exact) mass is 417 g/mol. The number of rotatable bonds is 22. The van der Waals surface area contributed by atoms with Crippen LogP contribution in [0.25, 0.3) is 0 Å². The Hall–Kier alpha value is -1.18. The van der Waals surface area contributed by atoms with Crippen LogP contribution in [-0.4, -0.2) is 13.2 Å². The fraction of sp³-hybridized carbons (Fsp3) is 0.786. The van der Waals surface area contributed by atoms with Gasteiger partial charge in [-0.25, -0.2) is 0 Å². The van der Waals surface area contributed by atoms with Gasteiger partial charge in [0.25, 0.3) is 0 Å². The minimum atomic E-state index is 0.797. The maximum Gasteiger partial charge on any atom is 0.123 e. The maximum absolute atomic E-state index is 5.89. The molecule has 0 saturated heterocycles. The molecule has 0 fully saturated rings. The van der Waals surface area contributed by atoms with Gasteiger partial charge in [-0.1, -0.05) is 117 Å². The molecule has 1 aromatic rings. The molecule has 1 aromatic carbocycles. The highest BCUT2D eigenvalue weighted by molar-refractivity contribution is 5.32. The van der Waals surface area contributed by atoms with Gasteiger partial charge < -0.3 is 9.47 Å². The fourth-order valence-corrected chi connectivity index (χ4v) is 3.80. The molecule has 0 atom stereocenters. The van der Waals surface area contributed by atoms with Crippen molar-refractivity contribution in [2.24, 2.45) is 0 Å². The zero-order valence-corrected chi connectivity index (χ0v) is 20.2. The van der Waals surface area contributed by atoms with E-state index >= 15 is 0 Å². The molecule has 30 heavy (non-hydrogen) atoms. The van der Waals surface area contributed by atoms with Crippen LogP contribution in [0.4, 0.5) is 0 Å². The van der Waals surface area contributed by atoms with E-state index in [-0.39, 0.29) is 0 Å². The van der Waals surface area contributed by atoms with Gasteiger partial charge in [-0.05, 0) is 31.0 Å². The first-order valence-electron chi connectivity index (χ1n) is 13.1. The molecule has 173 valence electrons. The van der Waals surface area contributed by atoms with Gasteiger partial charge in [0.15, 0.2) is 0 Å². The van der Waals surface area contributed by atoms with Gasteiger partial charge in [0.05, 0.1) is 13.2 Å². The van der Waals surface area contributed by atoms with Gasteiger partial charge in [-0.2, -0.15) is 0 Å². The van der Waals surface area contributed by atoms with Crippen LogP contribution in [0.3, 0.4) is 0 Å². The summed E-state index contributed by atoms with van der Waals surface area (Å²) in [5.41, 5.74) is 0. The molecule has 1 radical (unpaired) electrons. The number of ether oxygens (including phenoxy) is 2.